The monoisotopic (exact) mass is 517 g/mol. The molecular formula is C34H29OS2+. The Bertz CT molecular complexity index is 1440. The topological polar surface area (TPSA) is 17.1 Å². The lowest BCUT2D eigenvalue weighted by Crippen LogP contribution is -2.04. The maximum Gasteiger partial charge on any atom is 0.193 e. The smallest absolute Gasteiger partial charge is 0.193 e. The second-order valence-electron chi connectivity index (χ2n) is 9.23. The van der Waals surface area contributed by atoms with Gasteiger partial charge < -0.3 is 0 Å². The Morgan fingerprint density at radius 1 is 0.459 bits per heavy atom. The summed E-state index contributed by atoms with van der Waals surface area (Å²) in [6.45, 7) is 6.29. The van der Waals surface area contributed by atoms with Gasteiger partial charge in [-0.1, -0.05) is 77.0 Å². The van der Waals surface area contributed by atoms with Crippen LogP contribution in [0.4, 0.5) is 0 Å². The zero-order valence-corrected chi connectivity index (χ0v) is 22.9. The van der Waals surface area contributed by atoms with E-state index in [1.54, 1.807) is 11.8 Å². The van der Waals surface area contributed by atoms with Crippen molar-refractivity contribution in [2.45, 2.75) is 45.2 Å². The van der Waals surface area contributed by atoms with Gasteiger partial charge >= 0.3 is 0 Å². The molecule has 0 saturated carbocycles. The molecule has 37 heavy (non-hydrogen) atoms. The lowest BCUT2D eigenvalue weighted by Gasteiger charge is -2.10. The Kier molecular flexibility index (Phi) is 7.64. The van der Waals surface area contributed by atoms with Gasteiger partial charge in [0.15, 0.2) is 20.5 Å². The first-order valence-electron chi connectivity index (χ1n) is 12.3. The minimum absolute atomic E-state index is 0.0557. The molecule has 0 spiro atoms. The second kappa shape index (κ2) is 11.2. The van der Waals surface area contributed by atoms with Crippen LogP contribution in [0.15, 0.2) is 146 Å². The van der Waals surface area contributed by atoms with Crippen molar-refractivity contribution in [2.24, 2.45) is 0 Å². The van der Waals surface area contributed by atoms with Gasteiger partial charge in [0, 0.05) is 20.9 Å². The molecule has 0 radical (unpaired) electrons. The van der Waals surface area contributed by atoms with E-state index in [4.69, 9.17) is 0 Å². The molecule has 3 heteroatoms. The molecule has 5 rings (SSSR count). The molecule has 5 aromatic carbocycles. The molecule has 0 atom stereocenters. The summed E-state index contributed by atoms with van der Waals surface area (Å²) >= 11 is 1.71. The van der Waals surface area contributed by atoms with Gasteiger partial charge in [-0.05, 0) is 93.6 Å². The van der Waals surface area contributed by atoms with E-state index in [0.29, 0.717) is 5.56 Å². The van der Waals surface area contributed by atoms with E-state index in [-0.39, 0.29) is 16.7 Å². The molecular weight excluding hydrogens is 489 g/mol. The number of aryl methyl sites for hydroxylation is 3. The summed E-state index contributed by atoms with van der Waals surface area (Å²) in [5.41, 5.74) is 5.13. The summed E-state index contributed by atoms with van der Waals surface area (Å²) in [7, 11) is -0.161. The summed E-state index contributed by atoms with van der Waals surface area (Å²) in [5, 5.41) is 0. The van der Waals surface area contributed by atoms with Crippen LogP contribution in [-0.4, -0.2) is 5.78 Å². The molecule has 0 unspecified atom stereocenters. The van der Waals surface area contributed by atoms with Crippen LogP contribution in [-0.2, 0) is 10.9 Å². The fraction of sp³-hybridized carbons (Fsp3) is 0.0882. The number of hydrogen-bond acceptors (Lipinski definition) is 2. The fourth-order valence-electron chi connectivity index (χ4n) is 4.08. The van der Waals surface area contributed by atoms with E-state index < -0.39 is 0 Å². The van der Waals surface area contributed by atoms with E-state index in [1.165, 1.54) is 30.7 Å². The minimum atomic E-state index is -0.161. The van der Waals surface area contributed by atoms with Crippen LogP contribution < -0.4 is 0 Å². The molecule has 0 heterocycles. The highest BCUT2D eigenvalue weighted by molar-refractivity contribution is 7.99. The molecule has 0 aliphatic rings. The Morgan fingerprint density at radius 2 is 0.757 bits per heavy atom. The molecule has 5 aromatic rings. The fourth-order valence-corrected chi connectivity index (χ4v) is 6.94. The number of benzene rings is 5. The third-order valence-electron chi connectivity index (χ3n) is 6.24. The van der Waals surface area contributed by atoms with Gasteiger partial charge in [-0.2, -0.15) is 0 Å². The standard InChI is InChI=1S/C34H29OS2/c1-24-4-10-27(11-5-24)34(35)28-12-14-29(15-13-28)36-30-16-22-33(23-17-30)37(31-18-6-25(2)7-19-31)32-20-8-26(3)9-21-32/h4-23H,1-3H3/q+1. The molecule has 0 aliphatic carbocycles. The predicted octanol–water partition coefficient (Wildman–Crippen LogP) is 9.09. The van der Waals surface area contributed by atoms with E-state index >= 15 is 0 Å². The van der Waals surface area contributed by atoms with Crippen LogP contribution in [0.5, 0.6) is 0 Å². The Hall–Kier alpha value is -3.53. The van der Waals surface area contributed by atoms with Crippen molar-refractivity contribution < 1.29 is 4.79 Å². The average Bonchev–Trinajstić information content (AvgIpc) is 2.92. The van der Waals surface area contributed by atoms with Crippen molar-refractivity contribution in [3.8, 4) is 0 Å². The largest absolute Gasteiger partial charge is 0.289 e. The minimum Gasteiger partial charge on any atom is -0.289 e. The summed E-state index contributed by atoms with van der Waals surface area (Å²) < 4.78 is 0. The van der Waals surface area contributed by atoms with Gasteiger partial charge in [0.05, 0.1) is 10.9 Å². The van der Waals surface area contributed by atoms with Crippen molar-refractivity contribution in [1.82, 2.24) is 0 Å². The molecule has 1 nitrogen and oxygen atoms in total. The van der Waals surface area contributed by atoms with Crippen molar-refractivity contribution in [1.29, 1.82) is 0 Å². The lowest BCUT2D eigenvalue weighted by atomic mass is 10.0. The summed E-state index contributed by atoms with van der Waals surface area (Å²) in [5.74, 6) is 0.0557. The molecule has 182 valence electrons. The van der Waals surface area contributed by atoms with Crippen molar-refractivity contribution in [3.63, 3.8) is 0 Å². The maximum atomic E-state index is 12.8. The van der Waals surface area contributed by atoms with Gasteiger partial charge in [-0.3, -0.25) is 4.79 Å². The van der Waals surface area contributed by atoms with E-state index in [1.807, 2.05) is 55.5 Å². The van der Waals surface area contributed by atoms with Gasteiger partial charge in [-0.25, -0.2) is 0 Å². The van der Waals surface area contributed by atoms with Gasteiger partial charge in [0.25, 0.3) is 0 Å². The number of hydrogen-bond donors (Lipinski definition) is 0. The van der Waals surface area contributed by atoms with Gasteiger partial charge in [0.2, 0.25) is 0 Å². The average molecular weight is 518 g/mol. The molecule has 0 N–H and O–H groups in total. The zero-order chi connectivity index (χ0) is 25.8. The summed E-state index contributed by atoms with van der Waals surface area (Å²) in [4.78, 5) is 19.0. The Labute approximate surface area is 226 Å². The Balaban J connectivity index is 1.35. The van der Waals surface area contributed by atoms with Crippen molar-refractivity contribution >= 4 is 28.4 Å². The first kappa shape index (κ1) is 25.1. The number of carbonyl (C=O) groups is 1. The quantitative estimate of drug-likeness (QED) is 0.158. The number of ketones is 1. The van der Waals surface area contributed by atoms with Crippen LogP contribution in [0, 0.1) is 20.8 Å². The van der Waals surface area contributed by atoms with E-state index in [9.17, 15) is 4.79 Å². The third-order valence-corrected chi connectivity index (χ3v) is 9.49. The van der Waals surface area contributed by atoms with Crippen molar-refractivity contribution in [2.75, 3.05) is 0 Å². The van der Waals surface area contributed by atoms with E-state index in [0.717, 1.165) is 16.0 Å². The zero-order valence-electron chi connectivity index (χ0n) is 21.3. The van der Waals surface area contributed by atoms with Crippen LogP contribution >= 0.6 is 11.8 Å². The highest BCUT2D eigenvalue weighted by atomic mass is 32.2. The summed E-state index contributed by atoms with van der Waals surface area (Å²) in [6.07, 6.45) is 0. The van der Waals surface area contributed by atoms with Crippen LogP contribution in [0.3, 0.4) is 0 Å². The number of rotatable bonds is 7. The number of carbonyl (C=O) groups excluding carboxylic acids is 1. The molecule has 0 aromatic heterocycles. The molecule has 0 saturated heterocycles. The van der Waals surface area contributed by atoms with Crippen LogP contribution in [0.1, 0.15) is 32.6 Å². The highest BCUT2D eigenvalue weighted by Gasteiger charge is 2.28. The van der Waals surface area contributed by atoms with Crippen LogP contribution in [0.2, 0.25) is 0 Å². The highest BCUT2D eigenvalue weighted by Crippen LogP contribution is 2.34. The molecule has 0 bridgehead atoms. The van der Waals surface area contributed by atoms with Crippen LogP contribution in [0.25, 0.3) is 0 Å². The first-order valence-corrected chi connectivity index (χ1v) is 14.4. The van der Waals surface area contributed by atoms with Crippen molar-refractivity contribution in [3.05, 3.63) is 149 Å². The molecule has 0 fully saturated rings. The second-order valence-corrected chi connectivity index (χ2v) is 12.4. The van der Waals surface area contributed by atoms with E-state index in [2.05, 4.69) is 86.6 Å². The molecule has 0 amide bonds. The normalized spacial score (nSPS) is 11.0. The maximum absolute atomic E-state index is 12.8. The first-order chi connectivity index (χ1) is 18.0. The predicted molar refractivity (Wildman–Crippen MR) is 156 cm³/mol. The Morgan fingerprint density at radius 3 is 1.16 bits per heavy atom. The lowest BCUT2D eigenvalue weighted by molar-refractivity contribution is 0.103. The van der Waals surface area contributed by atoms with Gasteiger partial charge in [0.1, 0.15) is 0 Å². The molecule has 0 aliphatic heterocycles. The SMILES string of the molecule is Cc1ccc(C(=O)c2ccc(Sc3ccc([S+](c4ccc(C)cc4)c4ccc(C)cc4)cc3)cc2)cc1. The summed E-state index contributed by atoms with van der Waals surface area (Å²) in [6, 6.07) is 42.3. The van der Waals surface area contributed by atoms with Gasteiger partial charge in [-0.15, -0.1) is 0 Å². The third kappa shape index (κ3) is 6.07.